The SMILES string of the molecule is Cc1c(CF)cccc1Cc1c(O)n[nH]c1N. The number of nitrogens with zero attached hydrogens (tertiary/aromatic N) is 1. The van der Waals surface area contributed by atoms with E-state index in [0.29, 0.717) is 23.4 Å². The van der Waals surface area contributed by atoms with Crippen LogP contribution in [0, 0.1) is 6.92 Å². The Morgan fingerprint density at radius 1 is 1.41 bits per heavy atom. The molecular weight excluding hydrogens is 221 g/mol. The third-order valence-corrected chi connectivity index (χ3v) is 2.95. The van der Waals surface area contributed by atoms with Crippen LogP contribution in [0.4, 0.5) is 10.2 Å². The van der Waals surface area contributed by atoms with E-state index < -0.39 is 6.67 Å². The Labute approximate surface area is 98.3 Å². The van der Waals surface area contributed by atoms with Crippen molar-refractivity contribution in [2.75, 3.05) is 5.73 Å². The first-order valence-electron chi connectivity index (χ1n) is 5.28. The summed E-state index contributed by atoms with van der Waals surface area (Å²) in [7, 11) is 0. The molecule has 0 radical (unpaired) electrons. The molecule has 0 fully saturated rings. The van der Waals surface area contributed by atoms with Gasteiger partial charge in [0.05, 0.1) is 5.56 Å². The van der Waals surface area contributed by atoms with Crippen molar-refractivity contribution in [1.82, 2.24) is 10.2 Å². The van der Waals surface area contributed by atoms with Gasteiger partial charge in [0.15, 0.2) is 0 Å². The summed E-state index contributed by atoms with van der Waals surface area (Å²) < 4.78 is 12.7. The van der Waals surface area contributed by atoms with Gasteiger partial charge in [-0.05, 0) is 23.6 Å². The number of alkyl halides is 1. The van der Waals surface area contributed by atoms with Crippen LogP contribution in [-0.2, 0) is 13.1 Å². The minimum atomic E-state index is -0.494. The average molecular weight is 235 g/mol. The minimum Gasteiger partial charge on any atom is -0.492 e. The van der Waals surface area contributed by atoms with Gasteiger partial charge in [-0.15, -0.1) is 5.10 Å². The van der Waals surface area contributed by atoms with Gasteiger partial charge >= 0.3 is 0 Å². The molecule has 0 saturated heterocycles. The van der Waals surface area contributed by atoms with E-state index in [1.165, 1.54) is 0 Å². The Bertz CT molecular complexity index is 517. The Morgan fingerprint density at radius 3 is 2.71 bits per heavy atom. The van der Waals surface area contributed by atoms with Crippen molar-refractivity contribution in [3.8, 4) is 5.88 Å². The van der Waals surface area contributed by atoms with Crippen LogP contribution in [-0.4, -0.2) is 15.3 Å². The van der Waals surface area contributed by atoms with Crippen LogP contribution in [0.2, 0.25) is 0 Å². The van der Waals surface area contributed by atoms with E-state index in [1.807, 2.05) is 13.0 Å². The highest BCUT2D eigenvalue weighted by atomic mass is 19.1. The summed E-state index contributed by atoms with van der Waals surface area (Å²) in [4.78, 5) is 0. The molecule has 1 aromatic heterocycles. The molecular formula is C12H14FN3O. The van der Waals surface area contributed by atoms with Crippen molar-refractivity contribution in [2.24, 2.45) is 0 Å². The molecule has 0 unspecified atom stereocenters. The summed E-state index contributed by atoms with van der Waals surface area (Å²) in [5.74, 6) is 0.236. The van der Waals surface area contributed by atoms with Crippen molar-refractivity contribution in [3.63, 3.8) is 0 Å². The number of aromatic amines is 1. The first kappa shape index (κ1) is 11.4. The number of anilines is 1. The van der Waals surface area contributed by atoms with Gasteiger partial charge in [0, 0.05) is 6.42 Å². The van der Waals surface area contributed by atoms with Gasteiger partial charge in [-0.3, -0.25) is 5.10 Å². The Hall–Kier alpha value is -2.04. The molecule has 4 nitrogen and oxygen atoms in total. The predicted octanol–water partition coefficient (Wildman–Crippen LogP) is 2.07. The molecule has 0 saturated carbocycles. The summed E-state index contributed by atoms with van der Waals surface area (Å²) in [5.41, 5.74) is 8.68. The second-order valence-corrected chi connectivity index (χ2v) is 3.95. The monoisotopic (exact) mass is 235 g/mol. The number of nitrogen functional groups attached to an aromatic ring is 1. The Morgan fingerprint density at radius 2 is 2.12 bits per heavy atom. The predicted molar refractivity (Wildman–Crippen MR) is 63.5 cm³/mol. The minimum absolute atomic E-state index is 0.104. The Balaban J connectivity index is 2.37. The average Bonchev–Trinajstić information content (AvgIpc) is 2.63. The van der Waals surface area contributed by atoms with Crippen LogP contribution in [0.1, 0.15) is 22.3 Å². The molecule has 4 N–H and O–H groups in total. The van der Waals surface area contributed by atoms with Crippen LogP contribution >= 0.6 is 0 Å². The number of rotatable bonds is 3. The molecule has 5 heteroatoms. The van der Waals surface area contributed by atoms with Crippen molar-refractivity contribution < 1.29 is 9.50 Å². The molecule has 0 amide bonds. The lowest BCUT2D eigenvalue weighted by Crippen LogP contribution is -1.98. The molecule has 1 heterocycles. The molecule has 90 valence electrons. The Kier molecular flexibility index (Phi) is 2.99. The quantitative estimate of drug-likeness (QED) is 0.762. The highest BCUT2D eigenvalue weighted by molar-refractivity contribution is 5.49. The standard InChI is InChI=1S/C12H14FN3O/c1-7-8(3-2-4-9(7)6-13)5-10-11(14)15-16-12(10)17/h2-4H,5-6H2,1H3,(H4,14,15,16,17). The van der Waals surface area contributed by atoms with Crippen LogP contribution < -0.4 is 5.73 Å². The van der Waals surface area contributed by atoms with Crippen LogP contribution in [0.15, 0.2) is 18.2 Å². The van der Waals surface area contributed by atoms with Crippen LogP contribution in [0.5, 0.6) is 5.88 Å². The van der Waals surface area contributed by atoms with Crippen molar-refractivity contribution in [1.29, 1.82) is 0 Å². The number of aromatic hydroxyl groups is 1. The van der Waals surface area contributed by atoms with E-state index in [4.69, 9.17) is 5.73 Å². The zero-order chi connectivity index (χ0) is 12.4. The maximum Gasteiger partial charge on any atom is 0.235 e. The van der Waals surface area contributed by atoms with E-state index in [9.17, 15) is 9.50 Å². The lowest BCUT2D eigenvalue weighted by molar-refractivity contribution is 0.447. The van der Waals surface area contributed by atoms with E-state index in [-0.39, 0.29) is 5.88 Å². The van der Waals surface area contributed by atoms with E-state index >= 15 is 0 Å². The summed E-state index contributed by atoms with van der Waals surface area (Å²) in [5, 5.41) is 15.6. The second-order valence-electron chi connectivity index (χ2n) is 3.95. The van der Waals surface area contributed by atoms with Gasteiger partial charge in [-0.25, -0.2) is 4.39 Å². The summed E-state index contributed by atoms with van der Waals surface area (Å²) in [6.07, 6.45) is 0.438. The fourth-order valence-electron chi connectivity index (χ4n) is 1.81. The zero-order valence-corrected chi connectivity index (χ0v) is 9.50. The van der Waals surface area contributed by atoms with Gasteiger partial charge in [0.1, 0.15) is 12.5 Å². The molecule has 0 aliphatic carbocycles. The largest absolute Gasteiger partial charge is 0.492 e. The topological polar surface area (TPSA) is 74.9 Å². The lowest BCUT2D eigenvalue weighted by Gasteiger charge is -2.08. The number of H-pyrrole nitrogens is 1. The third kappa shape index (κ3) is 2.08. The summed E-state index contributed by atoms with van der Waals surface area (Å²) >= 11 is 0. The second kappa shape index (κ2) is 4.45. The molecule has 0 aliphatic rings. The summed E-state index contributed by atoms with van der Waals surface area (Å²) in [6, 6.07) is 5.43. The fourth-order valence-corrected chi connectivity index (χ4v) is 1.81. The number of hydrogen-bond donors (Lipinski definition) is 3. The number of nitrogens with two attached hydrogens (primary N) is 1. The van der Waals surface area contributed by atoms with Crippen molar-refractivity contribution >= 4 is 5.82 Å². The smallest absolute Gasteiger partial charge is 0.235 e. The normalized spacial score (nSPS) is 10.7. The molecule has 2 aromatic rings. The van der Waals surface area contributed by atoms with Gasteiger partial charge in [-0.1, -0.05) is 18.2 Å². The van der Waals surface area contributed by atoms with Gasteiger partial charge < -0.3 is 10.8 Å². The number of aromatic nitrogens is 2. The number of benzene rings is 1. The summed E-state index contributed by atoms with van der Waals surface area (Å²) in [6.45, 7) is 1.37. The number of halogens is 1. The van der Waals surface area contributed by atoms with E-state index in [0.717, 1.165) is 11.1 Å². The zero-order valence-electron chi connectivity index (χ0n) is 9.50. The van der Waals surface area contributed by atoms with Gasteiger partial charge in [0.25, 0.3) is 0 Å². The van der Waals surface area contributed by atoms with E-state index in [1.54, 1.807) is 12.1 Å². The van der Waals surface area contributed by atoms with Crippen LogP contribution in [0.3, 0.4) is 0 Å². The first-order valence-corrected chi connectivity index (χ1v) is 5.28. The maximum absolute atomic E-state index is 12.7. The molecule has 17 heavy (non-hydrogen) atoms. The van der Waals surface area contributed by atoms with E-state index in [2.05, 4.69) is 10.2 Å². The van der Waals surface area contributed by atoms with Gasteiger partial charge in [-0.2, -0.15) is 0 Å². The fraction of sp³-hybridized carbons (Fsp3) is 0.250. The molecule has 0 bridgehead atoms. The number of nitrogens with one attached hydrogen (secondary N) is 1. The van der Waals surface area contributed by atoms with Crippen molar-refractivity contribution in [2.45, 2.75) is 20.0 Å². The highest BCUT2D eigenvalue weighted by Gasteiger charge is 2.12. The molecule has 1 aromatic carbocycles. The first-order chi connectivity index (χ1) is 8.13. The maximum atomic E-state index is 12.7. The molecule has 0 aliphatic heterocycles. The van der Waals surface area contributed by atoms with Crippen molar-refractivity contribution in [3.05, 3.63) is 40.5 Å². The van der Waals surface area contributed by atoms with Gasteiger partial charge in [0.2, 0.25) is 5.88 Å². The molecule has 0 spiro atoms. The highest BCUT2D eigenvalue weighted by Crippen LogP contribution is 2.25. The van der Waals surface area contributed by atoms with Crippen LogP contribution in [0.25, 0.3) is 0 Å². The lowest BCUT2D eigenvalue weighted by atomic mass is 9.98. The molecule has 2 rings (SSSR count). The number of hydrogen-bond acceptors (Lipinski definition) is 3. The third-order valence-electron chi connectivity index (χ3n) is 2.95. The molecule has 0 atom stereocenters.